The molecular formula is C12H16N2O3S. The lowest BCUT2D eigenvalue weighted by Crippen LogP contribution is -2.06. The Morgan fingerprint density at radius 2 is 2.22 bits per heavy atom. The van der Waals surface area contributed by atoms with Gasteiger partial charge < -0.3 is 5.32 Å². The fraction of sp³-hybridized carbons (Fsp3) is 0.417. The lowest BCUT2D eigenvalue weighted by molar-refractivity contribution is -0.384. The molecule has 5 nitrogen and oxygen atoms in total. The number of nitrogens with zero attached hydrogens (tertiary/aromatic N) is 1. The fourth-order valence-corrected chi connectivity index (χ4v) is 1.92. The summed E-state index contributed by atoms with van der Waals surface area (Å²) in [6.45, 7) is 2.08. The molecule has 0 radical (unpaired) electrons. The van der Waals surface area contributed by atoms with Gasteiger partial charge in [-0.2, -0.15) is 11.8 Å². The molecule has 1 N–H and O–H groups in total. The number of benzene rings is 1. The summed E-state index contributed by atoms with van der Waals surface area (Å²) in [5.74, 6) is 0.832. The largest absolute Gasteiger partial charge is 0.379 e. The van der Waals surface area contributed by atoms with Crippen molar-refractivity contribution < 1.29 is 9.72 Å². The maximum Gasteiger partial charge on any atom is 0.293 e. The first kappa shape index (κ1) is 14.5. The molecular weight excluding hydrogens is 252 g/mol. The Bertz CT molecular complexity index is 449. The minimum Gasteiger partial charge on any atom is -0.379 e. The normalized spacial score (nSPS) is 10.1. The fourth-order valence-electron chi connectivity index (χ4n) is 1.49. The SMILES string of the molecule is CSCCCNc1ccc(C(C)=O)cc1[N+](=O)[O-]. The van der Waals surface area contributed by atoms with Gasteiger partial charge in [0.25, 0.3) is 5.69 Å². The molecule has 98 valence electrons. The molecule has 0 aliphatic heterocycles. The van der Waals surface area contributed by atoms with Crippen LogP contribution < -0.4 is 5.32 Å². The number of nitro benzene ring substituents is 1. The standard InChI is InChI=1S/C12H16N2O3S/c1-9(15)10-4-5-11(12(8-10)14(16)17)13-6-3-7-18-2/h4-5,8,13H,3,6-7H2,1-2H3. The van der Waals surface area contributed by atoms with E-state index < -0.39 is 4.92 Å². The van der Waals surface area contributed by atoms with Crippen LogP contribution in [0.15, 0.2) is 18.2 Å². The number of rotatable bonds is 7. The number of hydrogen-bond donors (Lipinski definition) is 1. The topological polar surface area (TPSA) is 72.2 Å². The second-order valence-electron chi connectivity index (χ2n) is 3.82. The van der Waals surface area contributed by atoms with Crippen molar-refractivity contribution in [2.75, 3.05) is 23.9 Å². The Labute approximate surface area is 110 Å². The number of hydrogen-bond acceptors (Lipinski definition) is 5. The van der Waals surface area contributed by atoms with Crippen LogP contribution in [0.2, 0.25) is 0 Å². The van der Waals surface area contributed by atoms with E-state index in [1.807, 2.05) is 6.26 Å². The predicted octanol–water partition coefficient (Wildman–Crippen LogP) is 2.96. The smallest absolute Gasteiger partial charge is 0.293 e. The molecule has 0 aliphatic rings. The van der Waals surface area contributed by atoms with E-state index in [0.29, 0.717) is 17.8 Å². The first-order valence-electron chi connectivity index (χ1n) is 5.58. The van der Waals surface area contributed by atoms with Crippen LogP contribution in [0.4, 0.5) is 11.4 Å². The summed E-state index contributed by atoms with van der Waals surface area (Å²) in [7, 11) is 0. The van der Waals surface area contributed by atoms with Crippen molar-refractivity contribution in [2.24, 2.45) is 0 Å². The Morgan fingerprint density at radius 1 is 1.50 bits per heavy atom. The van der Waals surface area contributed by atoms with Gasteiger partial charge in [-0.1, -0.05) is 0 Å². The van der Waals surface area contributed by atoms with Crippen molar-refractivity contribution in [1.29, 1.82) is 0 Å². The third-order valence-electron chi connectivity index (χ3n) is 2.44. The Hall–Kier alpha value is -1.56. The number of Topliss-reactive ketones (excluding diaryl/α,β-unsaturated/α-hetero) is 1. The number of nitrogens with one attached hydrogen (secondary N) is 1. The molecule has 6 heteroatoms. The van der Waals surface area contributed by atoms with Crippen LogP contribution in [-0.2, 0) is 0 Å². The van der Waals surface area contributed by atoms with E-state index in [-0.39, 0.29) is 11.5 Å². The molecule has 0 saturated carbocycles. The van der Waals surface area contributed by atoms with E-state index in [1.54, 1.807) is 23.9 Å². The molecule has 0 bridgehead atoms. The van der Waals surface area contributed by atoms with Crippen LogP contribution in [0.1, 0.15) is 23.7 Å². The molecule has 0 spiro atoms. The zero-order chi connectivity index (χ0) is 13.5. The molecule has 0 unspecified atom stereocenters. The molecule has 1 aromatic carbocycles. The summed E-state index contributed by atoms with van der Waals surface area (Å²) < 4.78 is 0. The van der Waals surface area contributed by atoms with Gasteiger partial charge in [0, 0.05) is 18.2 Å². The number of ketones is 1. The zero-order valence-electron chi connectivity index (χ0n) is 10.4. The molecule has 0 aromatic heterocycles. The van der Waals surface area contributed by atoms with Crippen molar-refractivity contribution >= 4 is 28.9 Å². The van der Waals surface area contributed by atoms with Crippen molar-refractivity contribution in [3.05, 3.63) is 33.9 Å². The number of nitro groups is 1. The predicted molar refractivity (Wildman–Crippen MR) is 74.6 cm³/mol. The molecule has 0 amide bonds. The van der Waals surface area contributed by atoms with Crippen molar-refractivity contribution in [3.8, 4) is 0 Å². The number of thioether (sulfide) groups is 1. The number of carbonyl (C=O) groups is 1. The third kappa shape index (κ3) is 4.03. The highest BCUT2D eigenvalue weighted by Crippen LogP contribution is 2.25. The van der Waals surface area contributed by atoms with Crippen LogP contribution in [0.5, 0.6) is 0 Å². The summed E-state index contributed by atoms with van der Waals surface area (Å²) in [5, 5.41) is 14.0. The van der Waals surface area contributed by atoms with Gasteiger partial charge in [-0.15, -0.1) is 0 Å². The highest BCUT2D eigenvalue weighted by molar-refractivity contribution is 7.98. The molecule has 1 rings (SSSR count). The van der Waals surface area contributed by atoms with E-state index in [0.717, 1.165) is 12.2 Å². The lowest BCUT2D eigenvalue weighted by atomic mass is 10.1. The maximum absolute atomic E-state index is 11.2. The van der Waals surface area contributed by atoms with Gasteiger partial charge >= 0.3 is 0 Å². The molecule has 0 atom stereocenters. The lowest BCUT2D eigenvalue weighted by Gasteiger charge is -2.07. The summed E-state index contributed by atoms with van der Waals surface area (Å²) in [5.41, 5.74) is 0.773. The highest BCUT2D eigenvalue weighted by Gasteiger charge is 2.15. The second kappa shape index (κ2) is 7.00. The van der Waals surface area contributed by atoms with Gasteiger partial charge in [0.2, 0.25) is 0 Å². The second-order valence-corrected chi connectivity index (χ2v) is 4.80. The highest BCUT2D eigenvalue weighted by atomic mass is 32.2. The number of carbonyl (C=O) groups excluding carboxylic acids is 1. The average Bonchev–Trinajstić information content (AvgIpc) is 2.34. The Kier molecular flexibility index (Phi) is 5.64. The Balaban J connectivity index is 2.83. The summed E-state index contributed by atoms with van der Waals surface area (Å²) in [4.78, 5) is 21.7. The van der Waals surface area contributed by atoms with Crippen LogP contribution in [0.3, 0.4) is 0 Å². The summed E-state index contributed by atoms with van der Waals surface area (Å²) >= 11 is 1.74. The van der Waals surface area contributed by atoms with E-state index in [4.69, 9.17) is 0 Å². The van der Waals surface area contributed by atoms with Gasteiger partial charge in [0.1, 0.15) is 5.69 Å². The van der Waals surface area contributed by atoms with Crippen LogP contribution in [0, 0.1) is 10.1 Å². The molecule has 0 saturated heterocycles. The van der Waals surface area contributed by atoms with Gasteiger partial charge in [-0.05, 0) is 37.5 Å². The van der Waals surface area contributed by atoms with E-state index >= 15 is 0 Å². The molecule has 1 aromatic rings. The van der Waals surface area contributed by atoms with Crippen LogP contribution in [-0.4, -0.2) is 29.3 Å². The molecule has 18 heavy (non-hydrogen) atoms. The summed E-state index contributed by atoms with van der Waals surface area (Å²) in [6.07, 6.45) is 2.96. The maximum atomic E-state index is 11.2. The van der Waals surface area contributed by atoms with Gasteiger partial charge in [-0.3, -0.25) is 14.9 Å². The average molecular weight is 268 g/mol. The third-order valence-corrected chi connectivity index (χ3v) is 3.14. The van der Waals surface area contributed by atoms with Crippen LogP contribution >= 0.6 is 11.8 Å². The zero-order valence-corrected chi connectivity index (χ0v) is 11.3. The minimum atomic E-state index is -0.469. The van der Waals surface area contributed by atoms with Crippen molar-refractivity contribution in [2.45, 2.75) is 13.3 Å². The Morgan fingerprint density at radius 3 is 2.78 bits per heavy atom. The van der Waals surface area contributed by atoms with Crippen LogP contribution in [0.25, 0.3) is 0 Å². The van der Waals surface area contributed by atoms with E-state index in [9.17, 15) is 14.9 Å². The molecule has 0 aliphatic carbocycles. The first-order chi connectivity index (χ1) is 8.56. The summed E-state index contributed by atoms with van der Waals surface area (Å²) in [6, 6.07) is 4.51. The molecule has 0 fully saturated rings. The van der Waals surface area contributed by atoms with Gasteiger partial charge in [0.15, 0.2) is 5.78 Å². The number of anilines is 1. The van der Waals surface area contributed by atoms with Gasteiger partial charge in [0.05, 0.1) is 4.92 Å². The van der Waals surface area contributed by atoms with E-state index in [1.165, 1.54) is 13.0 Å². The van der Waals surface area contributed by atoms with E-state index in [2.05, 4.69) is 5.32 Å². The quantitative estimate of drug-likeness (QED) is 0.356. The monoisotopic (exact) mass is 268 g/mol. The first-order valence-corrected chi connectivity index (χ1v) is 6.98. The van der Waals surface area contributed by atoms with Crippen molar-refractivity contribution in [1.82, 2.24) is 0 Å². The van der Waals surface area contributed by atoms with Crippen molar-refractivity contribution in [3.63, 3.8) is 0 Å². The minimum absolute atomic E-state index is 0.0492. The van der Waals surface area contributed by atoms with Gasteiger partial charge in [-0.25, -0.2) is 0 Å². The molecule has 0 heterocycles.